The maximum absolute atomic E-state index is 13.1. The SMILES string of the molecule is CC1CCc2c(sc(NC(=O)/C=C/c3ccccc3)c2C(=O)NC2CCS(=O)(=O)C2)C1. The average Bonchev–Trinajstić information content (AvgIpc) is 3.25. The number of carbonyl (C=O) groups is 2. The van der Waals surface area contributed by atoms with Gasteiger partial charge in [0.25, 0.3) is 5.91 Å². The van der Waals surface area contributed by atoms with E-state index in [2.05, 4.69) is 17.6 Å². The molecule has 0 bridgehead atoms. The number of rotatable bonds is 5. The summed E-state index contributed by atoms with van der Waals surface area (Å²) >= 11 is 1.46. The van der Waals surface area contributed by atoms with Gasteiger partial charge in [0.15, 0.2) is 9.84 Å². The maximum Gasteiger partial charge on any atom is 0.254 e. The second-order valence-corrected chi connectivity index (χ2v) is 11.7. The van der Waals surface area contributed by atoms with E-state index in [1.54, 1.807) is 6.08 Å². The van der Waals surface area contributed by atoms with Gasteiger partial charge in [-0.3, -0.25) is 9.59 Å². The molecule has 164 valence electrons. The fourth-order valence-corrected chi connectivity index (χ4v) is 7.22. The number of thiophene rings is 1. The van der Waals surface area contributed by atoms with Crippen LogP contribution in [0.5, 0.6) is 0 Å². The van der Waals surface area contributed by atoms with E-state index in [4.69, 9.17) is 0 Å². The van der Waals surface area contributed by atoms with Crippen molar-refractivity contribution in [1.29, 1.82) is 0 Å². The molecule has 1 aromatic heterocycles. The summed E-state index contributed by atoms with van der Waals surface area (Å²) in [6, 6.07) is 9.15. The predicted octanol–water partition coefficient (Wildman–Crippen LogP) is 3.44. The highest BCUT2D eigenvalue weighted by atomic mass is 32.2. The second-order valence-electron chi connectivity index (χ2n) is 8.36. The van der Waals surface area contributed by atoms with Gasteiger partial charge >= 0.3 is 0 Å². The standard InChI is InChI=1S/C23H26N2O4S2/c1-15-7-9-18-19(13-15)30-23(25-20(26)10-8-16-5-3-2-4-6-16)21(18)22(27)24-17-11-12-31(28,29)14-17/h2-6,8,10,15,17H,7,9,11-14H2,1H3,(H,24,27)(H,25,26)/b10-8+. The van der Waals surface area contributed by atoms with E-state index in [1.807, 2.05) is 30.3 Å². The van der Waals surface area contributed by atoms with Gasteiger partial charge in [0, 0.05) is 17.0 Å². The van der Waals surface area contributed by atoms with Crippen molar-refractivity contribution in [2.45, 2.75) is 38.6 Å². The molecule has 2 N–H and O–H groups in total. The summed E-state index contributed by atoms with van der Waals surface area (Å²) in [6.45, 7) is 2.19. The van der Waals surface area contributed by atoms with E-state index in [-0.39, 0.29) is 29.4 Å². The van der Waals surface area contributed by atoms with Crippen LogP contribution < -0.4 is 10.6 Å². The zero-order chi connectivity index (χ0) is 22.0. The van der Waals surface area contributed by atoms with Crippen LogP contribution in [0.3, 0.4) is 0 Å². The van der Waals surface area contributed by atoms with Crippen LogP contribution in [0.1, 0.15) is 46.1 Å². The lowest BCUT2D eigenvalue weighted by Crippen LogP contribution is -2.36. The van der Waals surface area contributed by atoms with Crippen molar-refractivity contribution in [2.24, 2.45) is 5.92 Å². The van der Waals surface area contributed by atoms with Crippen molar-refractivity contribution < 1.29 is 18.0 Å². The third-order valence-corrected chi connectivity index (χ3v) is 8.71. The summed E-state index contributed by atoms with van der Waals surface area (Å²) in [5, 5.41) is 6.32. The van der Waals surface area contributed by atoms with Gasteiger partial charge in [-0.1, -0.05) is 37.3 Å². The van der Waals surface area contributed by atoms with Crippen LogP contribution in [0.25, 0.3) is 6.08 Å². The highest BCUT2D eigenvalue weighted by molar-refractivity contribution is 7.91. The summed E-state index contributed by atoms with van der Waals surface area (Å²) in [6.07, 6.45) is 6.28. The average molecular weight is 459 g/mol. The van der Waals surface area contributed by atoms with E-state index in [0.29, 0.717) is 22.9 Å². The normalized spacial score (nSPS) is 22.2. The number of fused-ring (bicyclic) bond motifs is 1. The zero-order valence-electron chi connectivity index (χ0n) is 17.4. The molecule has 1 aliphatic carbocycles. The van der Waals surface area contributed by atoms with Gasteiger partial charge in [-0.2, -0.15) is 0 Å². The molecule has 2 amide bonds. The molecule has 0 spiro atoms. The molecule has 4 rings (SSSR count). The van der Waals surface area contributed by atoms with Crippen molar-refractivity contribution in [3.8, 4) is 0 Å². The number of amides is 2. The minimum Gasteiger partial charge on any atom is -0.348 e. The fraction of sp³-hybridized carbons (Fsp3) is 0.391. The third-order valence-electron chi connectivity index (χ3n) is 5.77. The largest absolute Gasteiger partial charge is 0.348 e. The molecular weight excluding hydrogens is 432 g/mol. The minimum absolute atomic E-state index is 0.0242. The molecule has 1 fully saturated rings. The summed E-state index contributed by atoms with van der Waals surface area (Å²) in [4.78, 5) is 26.8. The lowest BCUT2D eigenvalue weighted by molar-refractivity contribution is -0.111. The highest BCUT2D eigenvalue weighted by Gasteiger charge is 2.32. The number of hydrogen-bond acceptors (Lipinski definition) is 5. The first-order valence-corrected chi connectivity index (χ1v) is 13.1. The lowest BCUT2D eigenvalue weighted by atomic mass is 9.88. The number of benzene rings is 1. The first-order chi connectivity index (χ1) is 14.8. The van der Waals surface area contributed by atoms with Gasteiger partial charge in [-0.25, -0.2) is 8.42 Å². The van der Waals surface area contributed by atoms with E-state index >= 15 is 0 Å². The summed E-state index contributed by atoms with van der Waals surface area (Å²) in [7, 11) is -3.09. The van der Waals surface area contributed by atoms with E-state index < -0.39 is 9.84 Å². The van der Waals surface area contributed by atoms with E-state index in [9.17, 15) is 18.0 Å². The summed E-state index contributed by atoms with van der Waals surface area (Å²) in [5.74, 6) is 0.0161. The fourth-order valence-electron chi connectivity index (χ4n) is 4.14. The molecule has 2 aliphatic rings. The Morgan fingerprint density at radius 2 is 1.94 bits per heavy atom. The topological polar surface area (TPSA) is 92.3 Å². The molecule has 1 saturated heterocycles. The Hall–Kier alpha value is -2.45. The Labute approximate surface area is 186 Å². The zero-order valence-corrected chi connectivity index (χ0v) is 19.0. The summed E-state index contributed by atoms with van der Waals surface area (Å²) in [5.41, 5.74) is 2.40. The first kappa shape index (κ1) is 21.8. The molecule has 0 radical (unpaired) electrons. The quantitative estimate of drug-likeness (QED) is 0.672. The van der Waals surface area contributed by atoms with Crippen molar-refractivity contribution in [3.63, 3.8) is 0 Å². The molecule has 6 nitrogen and oxygen atoms in total. The Balaban J connectivity index is 1.56. The van der Waals surface area contributed by atoms with Crippen LogP contribution in [0.4, 0.5) is 5.00 Å². The Kier molecular flexibility index (Phi) is 6.29. The molecule has 2 heterocycles. The van der Waals surface area contributed by atoms with E-state index in [0.717, 1.165) is 35.3 Å². The number of carbonyl (C=O) groups excluding carboxylic acids is 2. The molecule has 2 atom stereocenters. The molecule has 2 aromatic rings. The molecule has 2 unspecified atom stereocenters. The van der Waals surface area contributed by atoms with Gasteiger partial charge in [0.1, 0.15) is 5.00 Å². The predicted molar refractivity (Wildman–Crippen MR) is 124 cm³/mol. The molecule has 0 saturated carbocycles. The van der Waals surface area contributed by atoms with Crippen LogP contribution >= 0.6 is 11.3 Å². The van der Waals surface area contributed by atoms with Crippen LogP contribution in [0, 0.1) is 5.92 Å². The first-order valence-electron chi connectivity index (χ1n) is 10.5. The van der Waals surface area contributed by atoms with E-state index in [1.165, 1.54) is 17.4 Å². The van der Waals surface area contributed by atoms with Crippen molar-refractivity contribution in [2.75, 3.05) is 16.8 Å². The third kappa shape index (κ3) is 5.25. The Bertz CT molecular complexity index is 1120. The van der Waals surface area contributed by atoms with Crippen molar-refractivity contribution in [3.05, 3.63) is 58.0 Å². The Morgan fingerprint density at radius 1 is 1.16 bits per heavy atom. The second kappa shape index (κ2) is 8.96. The monoisotopic (exact) mass is 458 g/mol. The van der Waals surface area contributed by atoms with Gasteiger partial charge in [0.2, 0.25) is 5.91 Å². The molecule has 1 aromatic carbocycles. The number of hydrogen-bond donors (Lipinski definition) is 2. The smallest absolute Gasteiger partial charge is 0.254 e. The van der Waals surface area contributed by atoms with Gasteiger partial charge < -0.3 is 10.6 Å². The molecule has 1 aliphatic heterocycles. The molecule has 8 heteroatoms. The van der Waals surface area contributed by atoms with Gasteiger partial charge in [0.05, 0.1) is 17.1 Å². The van der Waals surface area contributed by atoms with Gasteiger partial charge in [-0.15, -0.1) is 11.3 Å². The minimum atomic E-state index is -3.09. The van der Waals surface area contributed by atoms with Crippen molar-refractivity contribution >= 4 is 44.1 Å². The van der Waals surface area contributed by atoms with Gasteiger partial charge in [-0.05, 0) is 48.8 Å². The van der Waals surface area contributed by atoms with Crippen LogP contribution in [-0.4, -0.2) is 37.8 Å². The van der Waals surface area contributed by atoms with Crippen LogP contribution in [0.2, 0.25) is 0 Å². The number of nitrogens with one attached hydrogen (secondary N) is 2. The lowest BCUT2D eigenvalue weighted by Gasteiger charge is -2.19. The number of anilines is 1. The number of sulfone groups is 1. The molecular formula is C23H26N2O4S2. The van der Waals surface area contributed by atoms with Crippen LogP contribution in [-0.2, 0) is 27.5 Å². The van der Waals surface area contributed by atoms with Crippen LogP contribution in [0.15, 0.2) is 36.4 Å². The summed E-state index contributed by atoms with van der Waals surface area (Å²) < 4.78 is 23.5. The molecule has 31 heavy (non-hydrogen) atoms. The Morgan fingerprint density at radius 3 is 2.65 bits per heavy atom. The van der Waals surface area contributed by atoms with Crippen molar-refractivity contribution in [1.82, 2.24) is 5.32 Å². The highest BCUT2D eigenvalue weighted by Crippen LogP contribution is 2.39. The maximum atomic E-state index is 13.1.